The van der Waals surface area contributed by atoms with Crippen LogP contribution in [0.25, 0.3) is 0 Å². The number of rotatable bonds is 12. The molecular weight excluding hydrogens is 857 g/mol. The largest absolute Gasteiger partial charge is 2.00 e. The van der Waals surface area contributed by atoms with Crippen molar-refractivity contribution in [3.63, 3.8) is 0 Å². The van der Waals surface area contributed by atoms with Gasteiger partial charge in [0.1, 0.15) is 13.2 Å². The molecule has 0 amide bonds. The van der Waals surface area contributed by atoms with Crippen LogP contribution in [0.3, 0.4) is 0 Å². The van der Waals surface area contributed by atoms with Gasteiger partial charge in [0.25, 0.3) is 0 Å². The van der Waals surface area contributed by atoms with Gasteiger partial charge in [-0.1, -0.05) is 54.1 Å². The fourth-order valence-corrected chi connectivity index (χ4v) is 9.21. The summed E-state index contributed by atoms with van der Waals surface area (Å²) in [5.41, 5.74) is -0.839. The number of carbonyl (C=O) groups is 2. The van der Waals surface area contributed by atoms with Gasteiger partial charge in [-0.3, -0.25) is 10.9 Å². The van der Waals surface area contributed by atoms with Crippen LogP contribution in [0, 0.1) is 79.1 Å². The molecule has 0 bridgehead atoms. The molecule has 11 heteroatoms. The van der Waals surface area contributed by atoms with Gasteiger partial charge < -0.3 is 39.6 Å². The minimum absolute atomic E-state index is 0. The van der Waals surface area contributed by atoms with Gasteiger partial charge in [0.15, 0.2) is 0 Å². The summed E-state index contributed by atoms with van der Waals surface area (Å²) in [7, 11) is 1.52. The summed E-state index contributed by atoms with van der Waals surface area (Å²) in [4.78, 5) is 23.0. The Morgan fingerprint density at radius 1 is 1.14 bits per heavy atom. The van der Waals surface area contributed by atoms with Crippen LogP contribution in [0.2, 0.25) is 0 Å². The minimum Gasteiger partial charge on any atom is -0.458 e. The molecule has 5 saturated heterocycles. The summed E-state index contributed by atoms with van der Waals surface area (Å²) < 4.78 is 57.5. The molecule has 49 heavy (non-hydrogen) atoms. The van der Waals surface area contributed by atoms with Crippen LogP contribution in [0.5, 0.6) is 0 Å². The first-order valence-corrected chi connectivity index (χ1v) is 18.3. The molecule has 5 fully saturated rings. The van der Waals surface area contributed by atoms with Crippen molar-refractivity contribution in [2.24, 2.45) is 35.5 Å². The van der Waals surface area contributed by atoms with Crippen LogP contribution in [-0.4, -0.2) is 79.8 Å². The van der Waals surface area contributed by atoms with E-state index in [0.717, 1.165) is 51.0 Å². The number of halogens is 1. The maximum Gasteiger partial charge on any atom is 2.00 e. The van der Waals surface area contributed by atoms with Crippen molar-refractivity contribution in [3.8, 4) is 0 Å². The quantitative estimate of drug-likeness (QED) is 0.120. The van der Waals surface area contributed by atoms with E-state index in [2.05, 4.69) is 60.1 Å². The van der Waals surface area contributed by atoms with Crippen molar-refractivity contribution in [1.29, 1.82) is 0 Å². The van der Waals surface area contributed by atoms with Gasteiger partial charge in [-0.15, -0.1) is 12.8 Å². The summed E-state index contributed by atoms with van der Waals surface area (Å²) in [5, 5.41) is 0. The van der Waals surface area contributed by atoms with Crippen LogP contribution < -0.4 is 0 Å². The molecule has 5 heterocycles. The number of methoxy groups -OCH3 is 1. The van der Waals surface area contributed by atoms with E-state index in [0.29, 0.717) is 0 Å². The molecule has 5 rings (SSSR count). The first-order valence-electron chi connectivity index (χ1n) is 18.3. The Bertz CT molecular complexity index is 1160. The molecule has 0 aromatic rings. The maximum atomic E-state index is 13.3. The third-order valence-corrected chi connectivity index (χ3v) is 12.1. The molecule has 276 valence electrons. The van der Waals surface area contributed by atoms with E-state index in [1.54, 1.807) is 6.92 Å². The molecule has 0 aromatic carbocycles. The van der Waals surface area contributed by atoms with Crippen LogP contribution in [0.4, 0.5) is 4.39 Å². The Kier molecular flexibility index (Phi) is 14.0. The zero-order valence-electron chi connectivity index (χ0n) is 31.0. The van der Waals surface area contributed by atoms with Gasteiger partial charge in [-0.2, -0.15) is 4.39 Å². The first kappa shape index (κ1) is 41.3. The average Bonchev–Trinajstić information content (AvgIpc) is 3.77. The zero-order valence-corrected chi connectivity index (χ0v) is 35.2. The number of hydrogen-bond donors (Lipinski definition) is 0. The van der Waals surface area contributed by atoms with Crippen LogP contribution in [0.15, 0.2) is 12.2 Å². The molecule has 0 N–H and O–H groups in total. The van der Waals surface area contributed by atoms with Gasteiger partial charge in [-0.25, -0.2) is 16.8 Å². The van der Waals surface area contributed by atoms with Gasteiger partial charge in [0, 0.05) is 19.1 Å². The van der Waals surface area contributed by atoms with E-state index in [9.17, 15) is 14.0 Å². The third-order valence-electron chi connectivity index (χ3n) is 12.1. The number of ether oxygens (including phenoxy) is 7. The van der Waals surface area contributed by atoms with Gasteiger partial charge in [-0.05, 0) is 57.3 Å². The van der Waals surface area contributed by atoms with E-state index < -0.39 is 35.0 Å². The molecule has 14 unspecified atom stereocenters. The van der Waals surface area contributed by atoms with Crippen molar-refractivity contribution in [2.75, 3.05) is 20.3 Å². The summed E-state index contributed by atoms with van der Waals surface area (Å²) >= 11 is 0. The Hall–Kier alpha value is -0.508. The van der Waals surface area contributed by atoms with Crippen molar-refractivity contribution in [3.05, 3.63) is 24.7 Å². The molecule has 0 aromatic heterocycles. The van der Waals surface area contributed by atoms with E-state index in [4.69, 9.17) is 33.2 Å². The molecule has 0 aliphatic carbocycles. The molecule has 0 radical (unpaired) electrons. The predicted molar refractivity (Wildman–Crippen MR) is 177 cm³/mol. The Morgan fingerprint density at radius 2 is 1.88 bits per heavy atom. The standard InChI is InChI=1S/C38H59FO9.U/c1-10-37(34-25(5)19-29(45-34)33-24(4)18-26(6)38(48-33)21-43-31(40)20-44-38)16-14-30(47-37)36(8)15-13-28(46-36)12-11-22(2)17-23(3)32(42-9)27(7)35(39)41;/h11-12,17,22-27,29-30,32-34H,10,13-16,18-21H2,1-9H3;/q-2;+2. The van der Waals surface area contributed by atoms with E-state index >= 15 is 0 Å². The summed E-state index contributed by atoms with van der Waals surface area (Å²) in [6, 6.07) is -1.35. The topological polar surface area (TPSA) is 98.8 Å². The summed E-state index contributed by atoms with van der Waals surface area (Å²) in [6.45, 7) is 16.6. The predicted octanol–water partition coefficient (Wildman–Crippen LogP) is 6.72. The second-order valence-electron chi connectivity index (χ2n) is 15.8. The molecule has 0 saturated carbocycles. The second-order valence-corrected chi connectivity index (χ2v) is 15.8. The first-order chi connectivity index (χ1) is 22.7. The average molecular weight is 917 g/mol. The van der Waals surface area contributed by atoms with Crippen molar-refractivity contribution in [2.45, 2.75) is 148 Å². The number of carbonyl (C=O) groups excluding carboxylic acids is 2. The Morgan fingerprint density at radius 3 is 2.51 bits per heavy atom. The van der Waals surface area contributed by atoms with E-state index in [-0.39, 0.29) is 104 Å². The van der Waals surface area contributed by atoms with Crippen LogP contribution in [-0.2, 0) is 42.7 Å². The van der Waals surface area contributed by atoms with Gasteiger partial charge in [0.05, 0.1) is 41.5 Å². The smallest absolute Gasteiger partial charge is 0.458 e. The van der Waals surface area contributed by atoms with E-state index in [1.807, 2.05) is 6.92 Å². The molecule has 5 aliphatic rings. The Labute approximate surface area is 317 Å². The zero-order chi connectivity index (χ0) is 35.0. The maximum absolute atomic E-state index is 13.3. The van der Waals surface area contributed by atoms with Crippen molar-refractivity contribution in [1.82, 2.24) is 0 Å². The van der Waals surface area contributed by atoms with Crippen LogP contribution in [0.1, 0.15) is 100 Å². The van der Waals surface area contributed by atoms with Gasteiger partial charge >= 0.3 is 43.1 Å². The normalized spacial score (nSPS) is 42.2. The molecule has 5 aliphatic heterocycles. The number of cyclic esters (lactones) is 1. The molecule has 14 atom stereocenters. The fourth-order valence-electron chi connectivity index (χ4n) is 9.21. The number of hydrogen-bond acceptors (Lipinski definition) is 9. The number of allylic oxidation sites excluding steroid dienone is 1. The SMILES string of the molecule is CCC1(C2OC(C3OC4(COC(=O)CO4)C(C)CC3C)CC2C)CCC(C2(C)CC[C-](C=CC(C)[CH-]C(C)C(OC)C(C)C(=O)F)O2)O1.[U+2]. The molecule has 1 spiro atoms. The fraction of sp³-hybridized carbons (Fsp3) is 0.842. The van der Waals surface area contributed by atoms with Crippen LogP contribution >= 0.6 is 0 Å². The second kappa shape index (κ2) is 16.7. The third kappa shape index (κ3) is 8.67. The van der Waals surface area contributed by atoms with Crippen molar-refractivity contribution >= 4 is 12.0 Å². The van der Waals surface area contributed by atoms with E-state index in [1.165, 1.54) is 7.11 Å². The van der Waals surface area contributed by atoms with Crippen molar-refractivity contribution < 1.29 is 78.3 Å². The molecular formula is C38H59FO9U. The minimum atomic E-state index is -1.35. The summed E-state index contributed by atoms with van der Waals surface area (Å²) in [5.74, 6) is -1.43. The summed E-state index contributed by atoms with van der Waals surface area (Å²) in [6.07, 6.45) is 12.4. The number of esters is 1. The monoisotopic (exact) mass is 916 g/mol. The van der Waals surface area contributed by atoms with Gasteiger partial charge in [0.2, 0.25) is 5.79 Å². The molecule has 9 nitrogen and oxygen atoms in total. The Balaban J connectivity index is 0.00000541.